The van der Waals surface area contributed by atoms with Crippen molar-refractivity contribution in [3.63, 3.8) is 0 Å². The van der Waals surface area contributed by atoms with Gasteiger partial charge in [-0.05, 0) is 41.5 Å². The quantitative estimate of drug-likeness (QED) is 0.488. The maximum Gasteiger partial charge on any atom is 0.416 e. The van der Waals surface area contributed by atoms with Crippen molar-refractivity contribution in [3.05, 3.63) is 69.4 Å². The number of hydrazine groups is 1. The molecule has 0 fully saturated rings. The maximum atomic E-state index is 12.9. The average molecular weight is 363 g/mol. The van der Waals surface area contributed by atoms with E-state index in [9.17, 15) is 17.6 Å². The normalized spacial score (nSPS) is 13.2. The zero-order chi connectivity index (χ0) is 15.6. The molecule has 0 aliphatic heterocycles. The lowest BCUT2D eigenvalue weighted by molar-refractivity contribution is -0.137. The van der Waals surface area contributed by atoms with Gasteiger partial charge < -0.3 is 0 Å². The van der Waals surface area contributed by atoms with E-state index in [0.29, 0.717) is 15.6 Å². The Kier molecular flexibility index (Phi) is 4.65. The summed E-state index contributed by atoms with van der Waals surface area (Å²) in [4.78, 5) is 0. The van der Waals surface area contributed by atoms with Gasteiger partial charge in [-0.25, -0.2) is 9.82 Å². The van der Waals surface area contributed by atoms with Gasteiger partial charge in [-0.2, -0.15) is 13.2 Å². The number of halogens is 5. The molecule has 3 N–H and O–H groups in total. The van der Waals surface area contributed by atoms with Gasteiger partial charge in [0.05, 0.1) is 11.6 Å². The number of benzene rings is 2. The van der Waals surface area contributed by atoms with Crippen molar-refractivity contribution in [2.75, 3.05) is 0 Å². The first kappa shape index (κ1) is 15.9. The van der Waals surface area contributed by atoms with Crippen molar-refractivity contribution in [2.24, 2.45) is 5.84 Å². The topological polar surface area (TPSA) is 38.0 Å². The predicted molar refractivity (Wildman–Crippen MR) is 74.7 cm³/mol. The zero-order valence-corrected chi connectivity index (χ0v) is 12.2. The SMILES string of the molecule is NNC(c1ccc(F)cc1)c1cc(C(F)(F)F)ccc1Br. The molecular weight excluding hydrogens is 352 g/mol. The third-order valence-corrected chi connectivity index (χ3v) is 3.73. The van der Waals surface area contributed by atoms with Crippen LogP contribution in [0, 0.1) is 5.82 Å². The number of hydrogen-bond donors (Lipinski definition) is 2. The lowest BCUT2D eigenvalue weighted by Gasteiger charge is -2.20. The highest BCUT2D eigenvalue weighted by atomic mass is 79.9. The molecule has 1 unspecified atom stereocenters. The largest absolute Gasteiger partial charge is 0.416 e. The highest BCUT2D eigenvalue weighted by molar-refractivity contribution is 9.10. The minimum Gasteiger partial charge on any atom is -0.271 e. The van der Waals surface area contributed by atoms with Crippen molar-refractivity contribution in [1.29, 1.82) is 0 Å². The summed E-state index contributed by atoms with van der Waals surface area (Å²) < 4.78 is 51.8. The fourth-order valence-corrected chi connectivity index (χ4v) is 2.44. The van der Waals surface area contributed by atoms with Gasteiger partial charge in [-0.1, -0.05) is 28.1 Å². The van der Waals surface area contributed by atoms with Gasteiger partial charge in [0.15, 0.2) is 0 Å². The van der Waals surface area contributed by atoms with Crippen molar-refractivity contribution in [1.82, 2.24) is 5.43 Å². The van der Waals surface area contributed by atoms with Crippen LogP contribution in [-0.4, -0.2) is 0 Å². The van der Waals surface area contributed by atoms with Gasteiger partial charge in [0.1, 0.15) is 5.82 Å². The Balaban J connectivity index is 2.49. The van der Waals surface area contributed by atoms with Crippen LogP contribution in [0.25, 0.3) is 0 Å². The van der Waals surface area contributed by atoms with E-state index in [1.165, 1.54) is 30.3 Å². The molecule has 7 heteroatoms. The van der Waals surface area contributed by atoms with Gasteiger partial charge in [0.25, 0.3) is 0 Å². The van der Waals surface area contributed by atoms with Gasteiger partial charge >= 0.3 is 6.18 Å². The Bertz CT molecular complexity index is 626. The molecule has 0 aliphatic carbocycles. The molecule has 21 heavy (non-hydrogen) atoms. The fraction of sp³-hybridized carbons (Fsp3) is 0.143. The number of nitrogens with one attached hydrogen (secondary N) is 1. The number of hydrogen-bond acceptors (Lipinski definition) is 2. The Morgan fingerprint density at radius 1 is 1.05 bits per heavy atom. The van der Waals surface area contributed by atoms with E-state index in [2.05, 4.69) is 21.4 Å². The summed E-state index contributed by atoms with van der Waals surface area (Å²) in [6.07, 6.45) is -4.45. The molecule has 0 amide bonds. The van der Waals surface area contributed by atoms with Crippen molar-refractivity contribution >= 4 is 15.9 Å². The molecule has 2 rings (SSSR count). The van der Waals surface area contributed by atoms with Crippen molar-refractivity contribution in [2.45, 2.75) is 12.2 Å². The minimum absolute atomic E-state index is 0.318. The summed E-state index contributed by atoms with van der Waals surface area (Å²) in [5.74, 6) is 5.02. The van der Waals surface area contributed by atoms with Crippen LogP contribution >= 0.6 is 15.9 Å². The van der Waals surface area contributed by atoms with Gasteiger partial charge in [0.2, 0.25) is 0 Å². The van der Waals surface area contributed by atoms with E-state index in [1.807, 2.05) is 0 Å². The minimum atomic E-state index is -4.45. The Labute approximate surface area is 127 Å². The molecule has 1 atom stereocenters. The molecule has 0 aromatic heterocycles. The lowest BCUT2D eigenvalue weighted by Crippen LogP contribution is -2.29. The second-order valence-electron chi connectivity index (χ2n) is 4.39. The molecule has 0 bridgehead atoms. The molecule has 2 nitrogen and oxygen atoms in total. The molecule has 0 aliphatic rings. The first-order valence-electron chi connectivity index (χ1n) is 5.91. The van der Waals surface area contributed by atoms with E-state index in [0.717, 1.165) is 12.1 Å². The molecule has 112 valence electrons. The summed E-state index contributed by atoms with van der Waals surface area (Å²) in [6, 6.07) is 7.99. The average Bonchev–Trinajstić information content (AvgIpc) is 2.42. The zero-order valence-electron chi connectivity index (χ0n) is 10.6. The summed E-state index contributed by atoms with van der Waals surface area (Å²) >= 11 is 3.21. The Morgan fingerprint density at radius 3 is 2.19 bits per heavy atom. The third-order valence-electron chi connectivity index (χ3n) is 3.00. The van der Waals surface area contributed by atoms with E-state index in [-0.39, 0.29) is 0 Å². The van der Waals surface area contributed by atoms with E-state index in [4.69, 9.17) is 5.84 Å². The second-order valence-corrected chi connectivity index (χ2v) is 5.24. The Hall–Kier alpha value is -1.44. The molecule has 0 spiro atoms. The standard InChI is InChI=1S/C14H11BrF4N2/c15-12-6-3-9(14(17,18)19)7-11(12)13(21-20)8-1-4-10(16)5-2-8/h1-7,13,21H,20H2. The molecule has 0 radical (unpaired) electrons. The third kappa shape index (κ3) is 3.61. The van der Waals surface area contributed by atoms with Crippen LogP contribution in [0.3, 0.4) is 0 Å². The summed E-state index contributed by atoms with van der Waals surface area (Å²) in [6.45, 7) is 0. The highest BCUT2D eigenvalue weighted by Gasteiger charge is 2.31. The van der Waals surface area contributed by atoms with Gasteiger partial charge in [-0.15, -0.1) is 0 Å². The van der Waals surface area contributed by atoms with Crippen LogP contribution in [-0.2, 0) is 6.18 Å². The summed E-state index contributed by atoms with van der Waals surface area (Å²) in [5, 5.41) is 0. The molecule has 0 saturated heterocycles. The van der Waals surface area contributed by atoms with E-state index < -0.39 is 23.6 Å². The first-order valence-corrected chi connectivity index (χ1v) is 6.70. The van der Waals surface area contributed by atoms with Crippen LogP contribution < -0.4 is 11.3 Å². The summed E-state index contributed by atoms with van der Waals surface area (Å²) in [7, 11) is 0. The number of alkyl halides is 3. The fourth-order valence-electron chi connectivity index (χ4n) is 1.96. The smallest absolute Gasteiger partial charge is 0.271 e. The monoisotopic (exact) mass is 362 g/mol. The molecule has 2 aromatic carbocycles. The molecule has 0 heterocycles. The van der Waals surface area contributed by atoms with E-state index >= 15 is 0 Å². The summed E-state index contributed by atoms with van der Waals surface area (Å²) in [5.41, 5.74) is 2.55. The number of rotatable bonds is 3. The van der Waals surface area contributed by atoms with Crippen molar-refractivity contribution in [3.8, 4) is 0 Å². The first-order chi connectivity index (χ1) is 9.82. The van der Waals surface area contributed by atoms with Gasteiger partial charge in [0, 0.05) is 4.47 Å². The predicted octanol–water partition coefficient (Wildman–Crippen LogP) is 4.16. The second kappa shape index (κ2) is 6.13. The molecule has 2 aromatic rings. The van der Waals surface area contributed by atoms with Crippen LogP contribution in [0.1, 0.15) is 22.7 Å². The van der Waals surface area contributed by atoms with Crippen LogP contribution in [0.4, 0.5) is 17.6 Å². The number of nitrogens with two attached hydrogens (primary N) is 1. The van der Waals surface area contributed by atoms with Crippen LogP contribution in [0.15, 0.2) is 46.9 Å². The van der Waals surface area contributed by atoms with Crippen molar-refractivity contribution < 1.29 is 17.6 Å². The highest BCUT2D eigenvalue weighted by Crippen LogP contribution is 2.35. The lowest BCUT2D eigenvalue weighted by atomic mass is 9.97. The van der Waals surface area contributed by atoms with Gasteiger partial charge in [-0.3, -0.25) is 5.84 Å². The maximum absolute atomic E-state index is 12.9. The Morgan fingerprint density at radius 2 is 1.67 bits per heavy atom. The van der Waals surface area contributed by atoms with Crippen LogP contribution in [0.5, 0.6) is 0 Å². The van der Waals surface area contributed by atoms with Crippen LogP contribution in [0.2, 0.25) is 0 Å². The molecule has 0 saturated carbocycles. The van der Waals surface area contributed by atoms with E-state index in [1.54, 1.807) is 0 Å². The molecular formula is C14H11BrF4N2.